The number of ether oxygens (including phenoxy) is 1. The van der Waals surface area contributed by atoms with Crippen LogP contribution >= 0.6 is 15.9 Å². The minimum Gasteiger partial charge on any atom is -0.469 e. The molecule has 2 nitrogen and oxygen atoms in total. The van der Waals surface area contributed by atoms with Crippen molar-refractivity contribution < 1.29 is 4.74 Å². The van der Waals surface area contributed by atoms with Crippen LogP contribution in [0.2, 0.25) is 0 Å². The number of hydrogen-bond donors (Lipinski definition) is 0. The van der Waals surface area contributed by atoms with E-state index in [9.17, 15) is 0 Å². The highest BCUT2D eigenvalue weighted by Gasteiger charge is 2.21. The first-order chi connectivity index (χ1) is 9.34. The normalized spacial score (nSPS) is 18.6. The van der Waals surface area contributed by atoms with E-state index in [1.165, 1.54) is 5.56 Å². The summed E-state index contributed by atoms with van der Waals surface area (Å²) in [5.74, 6) is 0.743. The second kappa shape index (κ2) is 5.57. The largest absolute Gasteiger partial charge is 0.469 e. The van der Waals surface area contributed by atoms with Gasteiger partial charge in [-0.25, -0.2) is 0 Å². The Morgan fingerprint density at radius 3 is 2.53 bits per heavy atom. The number of rotatable bonds is 2. The molecule has 1 aliphatic rings. The van der Waals surface area contributed by atoms with Crippen LogP contribution in [0.4, 0.5) is 0 Å². The molecule has 0 aliphatic carbocycles. The van der Waals surface area contributed by atoms with Crippen molar-refractivity contribution in [1.82, 2.24) is 0 Å². The fourth-order valence-electron chi connectivity index (χ4n) is 2.21. The fourth-order valence-corrected chi connectivity index (χ4v) is 2.75. The second-order valence-electron chi connectivity index (χ2n) is 4.47. The first kappa shape index (κ1) is 12.4. The summed E-state index contributed by atoms with van der Waals surface area (Å²) in [7, 11) is 0. The van der Waals surface area contributed by atoms with Crippen LogP contribution in [0, 0.1) is 0 Å². The monoisotopic (exact) mass is 315 g/mol. The molecule has 0 radical (unpaired) electrons. The van der Waals surface area contributed by atoms with Gasteiger partial charge in [0.2, 0.25) is 5.90 Å². The number of hydrogen-bond acceptors (Lipinski definition) is 2. The molecule has 2 aromatic carbocycles. The van der Waals surface area contributed by atoms with Crippen LogP contribution in [0.3, 0.4) is 0 Å². The number of nitrogens with zero attached hydrogens (tertiary/aromatic N) is 1. The van der Waals surface area contributed by atoms with Gasteiger partial charge in [-0.3, -0.25) is 4.99 Å². The van der Waals surface area contributed by atoms with Crippen LogP contribution in [0.1, 0.15) is 23.7 Å². The van der Waals surface area contributed by atoms with E-state index in [-0.39, 0.29) is 6.10 Å². The fraction of sp³-hybridized carbons (Fsp3) is 0.188. The maximum Gasteiger partial charge on any atom is 0.216 e. The molecule has 0 amide bonds. The second-order valence-corrected chi connectivity index (χ2v) is 5.32. The van der Waals surface area contributed by atoms with E-state index in [2.05, 4.69) is 27.0 Å². The van der Waals surface area contributed by atoms with Gasteiger partial charge in [0.25, 0.3) is 0 Å². The average Bonchev–Trinajstić information content (AvgIpc) is 2.49. The molecule has 96 valence electrons. The molecule has 0 fully saturated rings. The van der Waals surface area contributed by atoms with Crippen molar-refractivity contribution in [2.75, 3.05) is 6.54 Å². The molecule has 0 aromatic heterocycles. The van der Waals surface area contributed by atoms with Gasteiger partial charge in [0.1, 0.15) is 6.10 Å². The van der Waals surface area contributed by atoms with Crippen molar-refractivity contribution in [3.8, 4) is 0 Å². The maximum atomic E-state index is 6.06. The molecule has 2 aromatic rings. The third kappa shape index (κ3) is 2.71. The molecular formula is C16H14BrNO. The Balaban J connectivity index is 1.86. The molecule has 1 atom stereocenters. The summed E-state index contributed by atoms with van der Waals surface area (Å²) >= 11 is 3.59. The lowest BCUT2D eigenvalue weighted by Gasteiger charge is -2.25. The van der Waals surface area contributed by atoms with Crippen LogP contribution < -0.4 is 0 Å². The van der Waals surface area contributed by atoms with E-state index in [1.807, 2.05) is 48.5 Å². The third-order valence-electron chi connectivity index (χ3n) is 3.17. The van der Waals surface area contributed by atoms with Gasteiger partial charge >= 0.3 is 0 Å². The Bertz CT molecular complexity index is 595. The van der Waals surface area contributed by atoms with Crippen LogP contribution in [-0.2, 0) is 4.74 Å². The Labute approximate surface area is 121 Å². The van der Waals surface area contributed by atoms with Crippen LogP contribution in [0.5, 0.6) is 0 Å². The lowest BCUT2D eigenvalue weighted by Crippen LogP contribution is -2.19. The SMILES string of the molecule is Brc1ccccc1C1CCN=C(c2ccccc2)O1. The summed E-state index contributed by atoms with van der Waals surface area (Å²) in [5, 5.41) is 0. The van der Waals surface area contributed by atoms with Gasteiger partial charge in [0.15, 0.2) is 0 Å². The topological polar surface area (TPSA) is 21.6 Å². The lowest BCUT2D eigenvalue weighted by molar-refractivity contribution is 0.169. The van der Waals surface area contributed by atoms with Crippen molar-refractivity contribution in [2.45, 2.75) is 12.5 Å². The third-order valence-corrected chi connectivity index (χ3v) is 3.90. The van der Waals surface area contributed by atoms with Gasteiger partial charge in [-0.1, -0.05) is 52.3 Å². The van der Waals surface area contributed by atoms with Crippen molar-refractivity contribution in [3.63, 3.8) is 0 Å². The van der Waals surface area contributed by atoms with E-state index in [1.54, 1.807) is 0 Å². The molecule has 1 heterocycles. The number of benzene rings is 2. The quantitative estimate of drug-likeness (QED) is 0.807. The predicted octanol–water partition coefficient (Wildman–Crippen LogP) is 4.36. The smallest absolute Gasteiger partial charge is 0.216 e. The number of aliphatic imine (C=N–C) groups is 1. The highest BCUT2D eigenvalue weighted by Crippen LogP contribution is 2.31. The van der Waals surface area contributed by atoms with E-state index in [0.717, 1.165) is 28.9 Å². The zero-order valence-electron chi connectivity index (χ0n) is 10.4. The number of halogens is 1. The lowest BCUT2D eigenvalue weighted by atomic mass is 10.1. The van der Waals surface area contributed by atoms with Crippen LogP contribution in [-0.4, -0.2) is 12.4 Å². The molecule has 1 unspecified atom stereocenters. The molecule has 0 saturated carbocycles. The van der Waals surface area contributed by atoms with E-state index in [4.69, 9.17) is 4.74 Å². The molecule has 0 spiro atoms. The van der Waals surface area contributed by atoms with Gasteiger partial charge in [0, 0.05) is 28.6 Å². The standard InChI is InChI=1S/C16H14BrNO/c17-14-9-5-4-8-13(14)15-10-11-18-16(19-15)12-6-2-1-3-7-12/h1-9,15H,10-11H2. The van der Waals surface area contributed by atoms with Gasteiger partial charge in [-0.2, -0.15) is 0 Å². The summed E-state index contributed by atoms with van der Waals surface area (Å²) in [6.07, 6.45) is 0.988. The molecule has 19 heavy (non-hydrogen) atoms. The summed E-state index contributed by atoms with van der Waals surface area (Å²) in [4.78, 5) is 4.48. The van der Waals surface area contributed by atoms with Crippen molar-refractivity contribution >= 4 is 21.8 Å². The Morgan fingerprint density at radius 1 is 1.00 bits per heavy atom. The molecule has 3 heteroatoms. The van der Waals surface area contributed by atoms with Gasteiger partial charge < -0.3 is 4.74 Å². The van der Waals surface area contributed by atoms with E-state index in [0.29, 0.717) is 0 Å². The van der Waals surface area contributed by atoms with Crippen LogP contribution in [0.25, 0.3) is 0 Å². The van der Waals surface area contributed by atoms with Crippen molar-refractivity contribution in [1.29, 1.82) is 0 Å². The van der Waals surface area contributed by atoms with Crippen LogP contribution in [0.15, 0.2) is 64.1 Å². The summed E-state index contributed by atoms with van der Waals surface area (Å²) in [6.45, 7) is 0.802. The van der Waals surface area contributed by atoms with Crippen molar-refractivity contribution in [3.05, 3.63) is 70.2 Å². The first-order valence-electron chi connectivity index (χ1n) is 6.35. The summed E-state index contributed by atoms with van der Waals surface area (Å²) < 4.78 is 7.15. The highest BCUT2D eigenvalue weighted by atomic mass is 79.9. The van der Waals surface area contributed by atoms with Crippen molar-refractivity contribution in [2.24, 2.45) is 4.99 Å². The molecule has 0 bridgehead atoms. The minimum absolute atomic E-state index is 0.0725. The van der Waals surface area contributed by atoms with E-state index < -0.39 is 0 Å². The molecule has 0 N–H and O–H groups in total. The molecule has 1 aliphatic heterocycles. The molecule has 0 saturated heterocycles. The zero-order chi connectivity index (χ0) is 13.1. The highest BCUT2D eigenvalue weighted by molar-refractivity contribution is 9.10. The first-order valence-corrected chi connectivity index (χ1v) is 7.15. The Kier molecular flexibility index (Phi) is 3.65. The van der Waals surface area contributed by atoms with Gasteiger partial charge in [-0.05, 0) is 18.2 Å². The Morgan fingerprint density at radius 2 is 1.74 bits per heavy atom. The Hall–Kier alpha value is -1.61. The van der Waals surface area contributed by atoms with Gasteiger partial charge in [0.05, 0.1) is 0 Å². The van der Waals surface area contributed by atoms with E-state index >= 15 is 0 Å². The average molecular weight is 316 g/mol. The summed E-state index contributed by atoms with van der Waals surface area (Å²) in [5.41, 5.74) is 2.23. The summed E-state index contributed by atoms with van der Waals surface area (Å²) in [6, 6.07) is 18.3. The predicted molar refractivity (Wildman–Crippen MR) is 80.4 cm³/mol. The maximum absolute atomic E-state index is 6.06. The minimum atomic E-state index is 0.0725. The zero-order valence-corrected chi connectivity index (χ0v) is 12.0. The van der Waals surface area contributed by atoms with Gasteiger partial charge in [-0.15, -0.1) is 0 Å². The molecular weight excluding hydrogens is 302 g/mol. The molecule has 3 rings (SSSR count).